The molecule has 0 saturated carbocycles. The van der Waals surface area contributed by atoms with Crippen molar-refractivity contribution in [2.24, 2.45) is 7.05 Å². The fraction of sp³-hybridized carbons (Fsp3) is 0.409. The highest BCUT2D eigenvalue weighted by atomic mass is 16.6. The van der Waals surface area contributed by atoms with E-state index in [0.29, 0.717) is 0 Å². The van der Waals surface area contributed by atoms with Gasteiger partial charge in [0.15, 0.2) is 0 Å². The Morgan fingerprint density at radius 2 is 2.15 bits per heavy atom. The third-order valence-corrected chi connectivity index (χ3v) is 5.05. The molecule has 0 amide bonds. The molecule has 0 spiro atoms. The van der Waals surface area contributed by atoms with Crippen molar-refractivity contribution in [1.29, 1.82) is 0 Å². The number of nitrogens with zero attached hydrogens (tertiary/aromatic N) is 2. The first-order valence-corrected chi connectivity index (χ1v) is 9.48. The van der Waals surface area contributed by atoms with Gasteiger partial charge in [-0.25, -0.2) is 0 Å². The fourth-order valence-corrected chi connectivity index (χ4v) is 3.63. The molecule has 142 valence electrons. The summed E-state index contributed by atoms with van der Waals surface area (Å²) >= 11 is 0. The van der Waals surface area contributed by atoms with Crippen molar-refractivity contribution in [3.8, 4) is 16.9 Å². The molecule has 1 aliphatic heterocycles. The maximum Gasteiger partial charge on any atom is 0.129 e. The second-order valence-electron chi connectivity index (χ2n) is 7.98. The molecule has 5 nitrogen and oxygen atoms in total. The van der Waals surface area contributed by atoms with Crippen molar-refractivity contribution < 1.29 is 9.47 Å². The van der Waals surface area contributed by atoms with E-state index in [4.69, 9.17) is 9.47 Å². The summed E-state index contributed by atoms with van der Waals surface area (Å²) in [7, 11) is 2.03. The number of morpholine rings is 1. The summed E-state index contributed by atoms with van der Waals surface area (Å²) in [6.07, 6.45) is 5.90. The summed E-state index contributed by atoms with van der Waals surface area (Å²) in [6.45, 7) is 7.93. The highest BCUT2D eigenvalue weighted by molar-refractivity contribution is 5.90. The van der Waals surface area contributed by atoms with Crippen LogP contribution >= 0.6 is 0 Å². The Morgan fingerprint density at radius 3 is 2.89 bits per heavy atom. The number of aryl methyl sites for hydroxylation is 1. The first kappa shape index (κ1) is 18.0. The molecule has 4 rings (SSSR count). The highest BCUT2D eigenvalue weighted by Gasteiger charge is 2.32. The molecule has 1 fully saturated rings. The molecule has 3 aromatic rings. The number of hydrogen-bond donors (Lipinski definition) is 1. The van der Waals surface area contributed by atoms with Gasteiger partial charge >= 0.3 is 0 Å². The van der Waals surface area contributed by atoms with Crippen LogP contribution in [0.1, 0.15) is 20.8 Å². The molecule has 1 aliphatic rings. The van der Waals surface area contributed by atoms with Crippen LogP contribution in [0.3, 0.4) is 0 Å². The number of nitrogens with one attached hydrogen (secondary N) is 1. The van der Waals surface area contributed by atoms with Gasteiger partial charge in [-0.3, -0.25) is 4.98 Å². The fourth-order valence-electron chi connectivity index (χ4n) is 3.63. The Morgan fingerprint density at radius 1 is 1.30 bits per heavy atom. The first-order valence-electron chi connectivity index (χ1n) is 9.48. The van der Waals surface area contributed by atoms with E-state index < -0.39 is 0 Å². The van der Waals surface area contributed by atoms with Crippen LogP contribution in [0.2, 0.25) is 0 Å². The van der Waals surface area contributed by atoms with Crippen molar-refractivity contribution in [2.75, 3.05) is 13.1 Å². The van der Waals surface area contributed by atoms with Gasteiger partial charge in [0.25, 0.3) is 0 Å². The van der Waals surface area contributed by atoms with Gasteiger partial charge in [0.1, 0.15) is 18.0 Å². The van der Waals surface area contributed by atoms with E-state index in [2.05, 4.69) is 61.5 Å². The van der Waals surface area contributed by atoms with Gasteiger partial charge in [0.2, 0.25) is 0 Å². The van der Waals surface area contributed by atoms with Crippen LogP contribution in [-0.2, 0) is 11.8 Å². The minimum absolute atomic E-state index is 0.000790. The second-order valence-corrected chi connectivity index (χ2v) is 7.98. The number of ether oxygens (including phenoxy) is 2. The lowest BCUT2D eigenvalue weighted by Crippen LogP contribution is -2.54. The molecule has 0 unspecified atom stereocenters. The van der Waals surface area contributed by atoms with Crippen LogP contribution in [0, 0.1) is 0 Å². The van der Waals surface area contributed by atoms with Crippen LogP contribution in [0.4, 0.5) is 0 Å². The minimum Gasteiger partial charge on any atom is -0.487 e. The molecule has 27 heavy (non-hydrogen) atoms. The molecule has 1 aromatic carbocycles. The SMILES string of the molecule is C[C@@H](Oc1cc(-c2ccn(C)c2)cc2ncccc12)[C@@H]1CNCC(C)(C)O1. The van der Waals surface area contributed by atoms with E-state index in [1.165, 1.54) is 0 Å². The third-order valence-electron chi connectivity index (χ3n) is 5.05. The Balaban J connectivity index is 1.67. The predicted octanol–water partition coefficient (Wildman–Crippen LogP) is 3.77. The Labute approximate surface area is 160 Å². The normalized spacial score (nSPS) is 20.5. The van der Waals surface area contributed by atoms with Crippen LogP contribution < -0.4 is 10.1 Å². The highest BCUT2D eigenvalue weighted by Crippen LogP contribution is 2.33. The van der Waals surface area contributed by atoms with E-state index in [1.807, 2.05) is 30.1 Å². The van der Waals surface area contributed by atoms with Crippen LogP contribution in [0.15, 0.2) is 48.9 Å². The number of hydrogen-bond acceptors (Lipinski definition) is 4. The van der Waals surface area contributed by atoms with Gasteiger partial charge in [0, 0.05) is 44.1 Å². The van der Waals surface area contributed by atoms with Crippen LogP contribution in [0.5, 0.6) is 5.75 Å². The lowest BCUT2D eigenvalue weighted by molar-refractivity contribution is -0.127. The molecule has 0 aliphatic carbocycles. The van der Waals surface area contributed by atoms with E-state index in [0.717, 1.165) is 40.9 Å². The number of benzene rings is 1. The zero-order valence-electron chi connectivity index (χ0n) is 16.4. The van der Waals surface area contributed by atoms with Crippen molar-refractivity contribution in [3.63, 3.8) is 0 Å². The summed E-state index contributed by atoms with van der Waals surface area (Å²) in [5.41, 5.74) is 3.01. The Hall–Kier alpha value is -2.37. The van der Waals surface area contributed by atoms with Crippen molar-refractivity contribution in [2.45, 2.75) is 38.6 Å². The van der Waals surface area contributed by atoms with Crippen molar-refractivity contribution in [3.05, 3.63) is 48.9 Å². The molecule has 0 radical (unpaired) electrons. The maximum absolute atomic E-state index is 6.42. The summed E-state index contributed by atoms with van der Waals surface area (Å²) in [4.78, 5) is 4.55. The van der Waals surface area contributed by atoms with Crippen LogP contribution in [0.25, 0.3) is 22.0 Å². The quantitative estimate of drug-likeness (QED) is 0.764. The molecule has 5 heteroatoms. The van der Waals surface area contributed by atoms with E-state index in [-0.39, 0.29) is 17.8 Å². The molecule has 1 saturated heterocycles. The van der Waals surface area contributed by atoms with Gasteiger partial charge in [-0.1, -0.05) is 0 Å². The molecule has 0 bridgehead atoms. The van der Waals surface area contributed by atoms with Crippen LogP contribution in [-0.4, -0.2) is 40.4 Å². The van der Waals surface area contributed by atoms with Gasteiger partial charge < -0.3 is 19.4 Å². The lowest BCUT2D eigenvalue weighted by Gasteiger charge is -2.39. The molecule has 2 aromatic heterocycles. The maximum atomic E-state index is 6.42. The topological polar surface area (TPSA) is 48.3 Å². The summed E-state index contributed by atoms with van der Waals surface area (Å²) in [5, 5.41) is 4.47. The van der Waals surface area contributed by atoms with E-state index >= 15 is 0 Å². The Bertz CT molecular complexity index is 948. The van der Waals surface area contributed by atoms with Gasteiger partial charge in [-0.15, -0.1) is 0 Å². The molecule has 2 atom stereocenters. The van der Waals surface area contributed by atoms with E-state index in [9.17, 15) is 0 Å². The predicted molar refractivity (Wildman–Crippen MR) is 108 cm³/mol. The van der Waals surface area contributed by atoms with E-state index in [1.54, 1.807) is 0 Å². The van der Waals surface area contributed by atoms with Crippen molar-refractivity contribution >= 4 is 10.9 Å². The standard InChI is InChI=1S/C22H27N3O2/c1-15(21-12-23-14-22(2,3)27-21)26-20-11-17(16-7-9-25(4)13-16)10-19-18(20)6-5-8-24-19/h5-11,13,15,21,23H,12,14H2,1-4H3/t15-,21+/m1/s1. The lowest BCUT2D eigenvalue weighted by atomic mass is 10.0. The van der Waals surface area contributed by atoms with Gasteiger partial charge in [0.05, 0.1) is 11.1 Å². The Kier molecular flexibility index (Phi) is 4.66. The summed E-state index contributed by atoms with van der Waals surface area (Å²) in [5.74, 6) is 0.846. The smallest absolute Gasteiger partial charge is 0.129 e. The molecule has 3 heterocycles. The monoisotopic (exact) mass is 365 g/mol. The first-order chi connectivity index (χ1) is 12.9. The number of aromatic nitrogens is 2. The largest absolute Gasteiger partial charge is 0.487 e. The van der Waals surface area contributed by atoms with Gasteiger partial charge in [-0.2, -0.15) is 0 Å². The summed E-state index contributed by atoms with van der Waals surface area (Å²) < 4.78 is 14.7. The van der Waals surface area contributed by atoms with Crippen molar-refractivity contribution in [1.82, 2.24) is 14.9 Å². The average Bonchev–Trinajstić information content (AvgIpc) is 3.07. The number of fused-ring (bicyclic) bond motifs is 1. The summed E-state index contributed by atoms with van der Waals surface area (Å²) in [6, 6.07) is 10.3. The number of rotatable bonds is 4. The molecular weight excluding hydrogens is 338 g/mol. The molecular formula is C22H27N3O2. The van der Waals surface area contributed by atoms with Gasteiger partial charge in [-0.05, 0) is 62.2 Å². The average molecular weight is 365 g/mol. The third kappa shape index (κ3) is 3.84. The molecule has 1 N–H and O–H groups in total. The minimum atomic E-state index is -0.184. The number of pyridine rings is 1. The zero-order chi connectivity index (χ0) is 19.0. The zero-order valence-corrected chi connectivity index (χ0v) is 16.4. The second kappa shape index (κ2) is 6.98.